The SMILES string of the molecule is CNCC(=O)Nc1ccc(C)cc1C. The third-order valence-electron chi connectivity index (χ3n) is 1.99. The first-order chi connectivity index (χ1) is 6.63. The molecule has 0 spiro atoms. The Morgan fingerprint density at radius 2 is 2.07 bits per heavy atom. The molecule has 1 aromatic carbocycles. The zero-order valence-electron chi connectivity index (χ0n) is 8.85. The monoisotopic (exact) mass is 192 g/mol. The molecule has 14 heavy (non-hydrogen) atoms. The number of nitrogens with one attached hydrogen (secondary N) is 2. The summed E-state index contributed by atoms with van der Waals surface area (Å²) in [5.41, 5.74) is 3.18. The lowest BCUT2D eigenvalue weighted by Crippen LogP contribution is -2.25. The molecule has 0 aliphatic rings. The van der Waals surface area contributed by atoms with Crippen LogP contribution in [0.25, 0.3) is 0 Å². The second kappa shape index (κ2) is 4.77. The topological polar surface area (TPSA) is 41.1 Å². The average molecular weight is 192 g/mol. The van der Waals surface area contributed by atoms with Gasteiger partial charge < -0.3 is 10.6 Å². The molecule has 0 fully saturated rings. The van der Waals surface area contributed by atoms with E-state index in [1.54, 1.807) is 7.05 Å². The van der Waals surface area contributed by atoms with Crippen LogP contribution in [0.15, 0.2) is 18.2 Å². The summed E-state index contributed by atoms with van der Waals surface area (Å²) in [4.78, 5) is 11.3. The minimum absolute atomic E-state index is 0.0144. The minimum atomic E-state index is -0.0144. The van der Waals surface area contributed by atoms with Crippen LogP contribution in [0, 0.1) is 13.8 Å². The Bertz CT molecular complexity index is 334. The number of carbonyl (C=O) groups excluding carboxylic acids is 1. The number of rotatable bonds is 3. The van der Waals surface area contributed by atoms with Gasteiger partial charge in [0, 0.05) is 5.69 Å². The van der Waals surface area contributed by atoms with Crippen LogP contribution in [-0.4, -0.2) is 19.5 Å². The third kappa shape index (κ3) is 2.85. The van der Waals surface area contributed by atoms with Gasteiger partial charge in [0.2, 0.25) is 5.91 Å². The fourth-order valence-electron chi connectivity index (χ4n) is 1.31. The van der Waals surface area contributed by atoms with E-state index in [2.05, 4.69) is 16.7 Å². The molecule has 0 aromatic heterocycles. The average Bonchev–Trinajstić information content (AvgIpc) is 2.10. The van der Waals surface area contributed by atoms with Gasteiger partial charge >= 0.3 is 0 Å². The Morgan fingerprint density at radius 3 is 2.64 bits per heavy atom. The molecule has 0 aliphatic heterocycles. The van der Waals surface area contributed by atoms with E-state index in [9.17, 15) is 4.79 Å². The molecule has 0 saturated heterocycles. The molecular formula is C11H16N2O. The third-order valence-corrected chi connectivity index (χ3v) is 1.99. The standard InChI is InChI=1S/C11H16N2O/c1-8-4-5-10(9(2)6-8)13-11(14)7-12-3/h4-6,12H,7H2,1-3H3,(H,13,14). The number of amides is 1. The summed E-state index contributed by atoms with van der Waals surface area (Å²) in [6, 6.07) is 5.97. The van der Waals surface area contributed by atoms with Crippen LogP contribution in [0.1, 0.15) is 11.1 Å². The summed E-state index contributed by atoms with van der Waals surface area (Å²) >= 11 is 0. The molecule has 0 aliphatic carbocycles. The Balaban J connectivity index is 2.72. The molecule has 2 N–H and O–H groups in total. The van der Waals surface area contributed by atoms with Gasteiger partial charge in [-0.15, -0.1) is 0 Å². The van der Waals surface area contributed by atoms with Crippen molar-refractivity contribution in [2.75, 3.05) is 18.9 Å². The molecule has 3 heteroatoms. The maximum absolute atomic E-state index is 11.3. The first-order valence-corrected chi connectivity index (χ1v) is 4.65. The molecule has 0 bridgehead atoms. The molecular weight excluding hydrogens is 176 g/mol. The maximum Gasteiger partial charge on any atom is 0.238 e. The van der Waals surface area contributed by atoms with E-state index in [1.165, 1.54) is 5.56 Å². The van der Waals surface area contributed by atoms with Crippen molar-refractivity contribution >= 4 is 11.6 Å². The molecule has 0 heterocycles. The molecule has 0 saturated carbocycles. The van der Waals surface area contributed by atoms with E-state index in [0.29, 0.717) is 6.54 Å². The van der Waals surface area contributed by atoms with Gasteiger partial charge in [-0.3, -0.25) is 4.79 Å². The van der Waals surface area contributed by atoms with Crippen molar-refractivity contribution in [2.45, 2.75) is 13.8 Å². The highest BCUT2D eigenvalue weighted by molar-refractivity contribution is 5.92. The van der Waals surface area contributed by atoms with Crippen LogP contribution in [0.2, 0.25) is 0 Å². The van der Waals surface area contributed by atoms with Gasteiger partial charge in [-0.25, -0.2) is 0 Å². The van der Waals surface area contributed by atoms with Gasteiger partial charge in [0.15, 0.2) is 0 Å². The molecule has 0 radical (unpaired) electrons. The summed E-state index contributed by atoms with van der Waals surface area (Å²) in [6.45, 7) is 4.36. The summed E-state index contributed by atoms with van der Waals surface area (Å²) in [5.74, 6) is -0.0144. The van der Waals surface area contributed by atoms with Crippen molar-refractivity contribution < 1.29 is 4.79 Å². The zero-order valence-corrected chi connectivity index (χ0v) is 8.85. The van der Waals surface area contributed by atoms with Gasteiger partial charge in [0.05, 0.1) is 6.54 Å². The Labute approximate surface area is 84.5 Å². The van der Waals surface area contributed by atoms with Crippen LogP contribution in [0.5, 0.6) is 0 Å². The maximum atomic E-state index is 11.3. The van der Waals surface area contributed by atoms with Crippen molar-refractivity contribution in [1.29, 1.82) is 0 Å². The van der Waals surface area contributed by atoms with Gasteiger partial charge in [0.1, 0.15) is 0 Å². The predicted molar refractivity (Wildman–Crippen MR) is 58.5 cm³/mol. The highest BCUT2D eigenvalue weighted by Crippen LogP contribution is 2.15. The zero-order chi connectivity index (χ0) is 10.6. The van der Waals surface area contributed by atoms with Crippen LogP contribution in [0.3, 0.4) is 0 Å². The number of carbonyl (C=O) groups is 1. The van der Waals surface area contributed by atoms with Crippen molar-refractivity contribution in [2.24, 2.45) is 0 Å². The highest BCUT2D eigenvalue weighted by Gasteiger charge is 2.02. The minimum Gasteiger partial charge on any atom is -0.325 e. The molecule has 76 valence electrons. The van der Waals surface area contributed by atoms with E-state index in [1.807, 2.05) is 26.0 Å². The van der Waals surface area contributed by atoms with Crippen LogP contribution < -0.4 is 10.6 Å². The quantitative estimate of drug-likeness (QED) is 0.761. The second-order valence-electron chi connectivity index (χ2n) is 3.40. The molecule has 0 unspecified atom stereocenters. The lowest BCUT2D eigenvalue weighted by Gasteiger charge is -2.08. The first-order valence-electron chi connectivity index (χ1n) is 4.65. The van der Waals surface area contributed by atoms with Crippen molar-refractivity contribution in [3.05, 3.63) is 29.3 Å². The van der Waals surface area contributed by atoms with Crippen molar-refractivity contribution in [3.63, 3.8) is 0 Å². The van der Waals surface area contributed by atoms with E-state index in [4.69, 9.17) is 0 Å². The van der Waals surface area contributed by atoms with E-state index in [0.717, 1.165) is 11.3 Å². The number of aryl methyl sites for hydroxylation is 2. The number of anilines is 1. The molecule has 3 nitrogen and oxygen atoms in total. The normalized spacial score (nSPS) is 9.93. The fourth-order valence-corrected chi connectivity index (χ4v) is 1.31. The number of hydrogen-bond acceptors (Lipinski definition) is 2. The second-order valence-corrected chi connectivity index (χ2v) is 3.40. The van der Waals surface area contributed by atoms with Gasteiger partial charge in [-0.05, 0) is 32.5 Å². The lowest BCUT2D eigenvalue weighted by atomic mass is 10.1. The predicted octanol–water partition coefficient (Wildman–Crippen LogP) is 1.46. The van der Waals surface area contributed by atoms with Crippen LogP contribution in [-0.2, 0) is 4.79 Å². The lowest BCUT2D eigenvalue weighted by molar-refractivity contribution is -0.115. The molecule has 1 aromatic rings. The van der Waals surface area contributed by atoms with Gasteiger partial charge in [-0.1, -0.05) is 17.7 Å². The summed E-state index contributed by atoms with van der Waals surface area (Å²) < 4.78 is 0. The number of hydrogen-bond donors (Lipinski definition) is 2. The van der Waals surface area contributed by atoms with Crippen LogP contribution in [0.4, 0.5) is 5.69 Å². The van der Waals surface area contributed by atoms with Crippen molar-refractivity contribution in [3.8, 4) is 0 Å². The molecule has 0 atom stereocenters. The van der Waals surface area contributed by atoms with E-state index < -0.39 is 0 Å². The summed E-state index contributed by atoms with van der Waals surface area (Å²) in [5, 5.41) is 5.64. The Hall–Kier alpha value is -1.35. The van der Waals surface area contributed by atoms with Crippen LogP contribution >= 0.6 is 0 Å². The Kier molecular flexibility index (Phi) is 3.65. The number of likely N-dealkylation sites (N-methyl/N-ethyl adjacent to an activating group) is 1. The molecule has 1 amide bonds. The van der Waals surface area contributed by atoms with E-state index >= 15 is 0 Å². The smallest absolute Gasteiger partial charge is 0.238 e. The van der Waals surface area contributed by atoms with E-state index in [-0.39, 0.29) is 5.91 Å². The Morgan fingerprint density at radius 1 is 1.36 bits per heavy atom. The number of benzene rings is 1. The van der Waals surface area contributed by atoms with Gasteiger partial charge in [-0.2, -0.15) is 0 Å². The first kappa shape index (κ1) is 10.7. The fraction of sp³-hybridized carbons (Fsp3) is 0.364. The summed E-state index contributed by atoms with van der Waals surface area (Å²) in [6.07, 6.45) is 0. The highest BCUT2D eigenvalue weighted by atomic mass is 16.1. The molecule has 1 rings (SSSR count). The summed E-state index contributed by atoms with van der Waals surface area (Å²) in [7, 11) is 1.75. The van der Waals surface area contributed by atoms with Gasteiger partial charge in [0.25, 0.3) is 0 Å². The largest absolute Gasteiger partial charge is 0.325 e. The van der Waals surface area contributed by atoms with Crippen molar-refractivity contribution in [1.82, 2.24) is 5.32 Å².